The van der Waals surface area contributed by atoms with Crippen LogP contribution in [-0.4, -0.2) is 49.2 Å². The van der Waals surface area contributed by atoms with Gasteiger partial charge in [0, 0.05) is 55.3 Å². The van der Waals surface area contributed by atoms with Crippen molar-refractivity contribution in [3.8, 4) is 11.8 Å². The summed E-state index contributed by atoms with van der Waals surface area (Å²) < 4.78 is 6.29. The molecular weight excluding hydrogens is 473 g/mol. The minimum atomic E-state index is -0.312. The van der Waals surface area contributed by atoms with E-state index in [9.17, 15) is 4.79 Å². The van der Waals surface area contributed by atoms with Gasteiger partial charge in [-0.15, -0.1) is 12.4 Å². The first-order valence-electron chi connectivity index (χ1n) is 11.2. The number of ether oxygens (including phenoxy) is 1. The van der Waals surface area contributed by atoms with Crippen LogP contribution >= 0.6 is 24.0 Å². The van der Waals surface area contributed by atoms with Crippen molar-refractivity contribution in [3.05, 3.63) is 52.7 Å². The Morgan fingerprint density at radius 2 is 1.88 bits per heavy atom. The molecular formula is C25H31Cl2N5O2. The molecule has 2 fully saturated rings. The van der Waals surface area contributed by atoms with Crippen LogP contribution in [0.4, 0.5) is 5.82 Å². The normalized spacial score (nSPS) is 22.5. The molecule has 1 aliphatic heterocycles. The maximum atomic E-state index is 13.0. The molecule has 2 aliphatic rings. The summed E-state index contributed by atoms with van der Waals surface area (Å²) in [6.45, 7) is 12.1. The Balaban J connectivity index is 0.00000324. The van der Waals surface area contributed by atoms with Crippen molar-refractivity contribution < 1.29 is 9.53 Å². The molecule has 4 rings (SSSR count). The van der Waals surface area contributed by atoms with Gasteiger partial charge in [0.25, 0.3) is 5.91 Å². The average molecular weight is 504 g/mol. The molecule has 0 radical (unpaired) electrons. The van der Waals surface area contributed by atoms with Crippen molar-refractivity contribution in [1.82, 2.24) is 15.6 Å². The molecule has 182 valence electrons. The number of carbonyl (C=O) groups is 1. The number of halogens is 2. The van der Waals surface area contributed by atoms with Crippen LogP contribution in [0.2, 0.25) is 5.02 Å². The summed E-state index contributed by atoms with van der Waals surface area (Å²) in [4.78, 5) is 19.8. The van der Waals surface area contributed by atoms with E-state index in [0.29, 0.717) is 21.9 Å². The quantitative estimate of drug-likeness (QED) is 0.639. The number of nitriles is 1. The van der Waals surface area contributed by atoms with Gasteiger partial charge in [0.2, 0.25) is 0 Å². The van der Waals surface area contributed by atoms with Crippen molar-refractivity contribution >= 4 is 35.7 Å². The summed E-state index contributed by atoms with van der Waals surface area (Å²) in [6, 6.07) is 10.8. The van der Waals surface area contributed by atoms with Crippen molar-refractivity contribution in [2.75, 3.05) is 31.1 Å². The first kappa shape index (κ1) is 26.1. The Hall–Kier alpha value is -2.53. The van der Waals surface area contributed by atoms with Gasteiger partial charge in [0.05, 0.1) is 16.1 Å². The van der Waals surface area contributed by atoms with Crippen molar-refractivity contribution in [2.45, 2.75) is 39.8 Å². The van der Waals surface area contributed by atoms with Crippen molar-refractivity contribution in [2.24, 2.45) is 10.8 Å². The number of nitrogens with zero attached hydrogens (tertiary/aromatic N) is 3. The van der Waals surface area contributed by atoms with E-state index in [1.165, 1.54) is 0 Å². The Kier molecular flexibility index (Phi) is 7.66. The largest absolute Gasteiger partial charge is 0.489 e. The van der Waals surface area contributed by atoms with Gasteiger partial charge in [0.1, 0.15) is 23.7 Å². The van der Waals surface area contributed by atoms with Gasteiger partial charge in [-0.05, 0) is 24.3 Å². The highest BCUT2D eigenvalue weighted by Crippen LogP contribution is 2.55. The van der Waals surface area contributed by atoms with Crippen molar-refractivity contribution in [1.29, 1.82) is 5.26 Å². The second kappa shape index (κ2) is 9.99. The number of hydrogen-bond donors (Lipinski definition) is 2. The van der Waals surface area contributed by atoms with Crippen LogP contribution in [-0.2, 0) is 0 Å². The number of piperazine rings is 1. The van der Waals surface area contributed by atoms with Crippen LogP contribution in [0.5, 0.6) is 5.75 Å². The number of carbonyl (C=O) groups excluding carboxylic acids is 1. The van der Waals surface area contributed by atoms with E-state index >= 15 is 0 Å². The Morgan fingerprint density at radius 1 is 1.21 bits per heavy atom. The van der Waals surface area contributed by atoms with Gasteiger partial charge in [-0.25, -0.2) is 4.98 Å². The van der Waals surface area contributed by atoms with Gasteiger partial charge in [0.15, 0.2) is 0 Å². The van der Waals surface area contributed by atoms with Gasteiger partial charge < -0.3 is 20.3 Å². The molecule has 1 saturated heterocycles. The lowest BCUT2D eigenvalue weighted by Crippen LogP contribution is -2.74. The SMILES string of the molecule is CC1(C)C(NC(=O)c2ccc(N3CCNCC3)nc2)C(C)(C)C1Oc1ccc(C#N)c(Cl)c1.Cl. The lowest BCUT2D eigenvalue weighted by Gasteiger charge is -2.63. The molecule has 0 unspecified atom stereocenters. The number of amides is 1. The number of hydrogen-bond acceptors (Lipinski definition) is 6. The standard InChI is InChI=1S/C25H30ClN5O2.ClH/c1-24(2)22(25(3,4)23(24)33-18-7-5-16(14-27)19(26)13-18)30-21(32)17-6-8-20(29-15-17)31-11-9-28-10-12-31;/h5-8,13,15,22-23,28H,9-12H2,1-4H3,(H,30,32);1H. The van der Waals surface area contributed by atoms with Crippen LogP contribution in [0.15, 0.2) is 36.5 Å². The van der Waals surface area contributed by atoms with E-state index in [4.69, 9.17) is 21.6 Å². The van der Waals surface area contributed by atoms with Crippen LogP contribution in [0.3, 0.4) is 0 Å². The fraction of sp³-hybridized carbons (Fsp3) is 0.480. The first-order valence-corrected chi connectivity index (χ1v) is 11.6. The highest BCUT2D eigenvalue weighted by atomic mass is 35.5. The zero-order valence-corrected chi connectivity index (χ0v) is 21.5. The lowest BCUT2D eigenvalue weighted by atomic mass is 9.49. The molecule has 9 heteroatoms. The number of pyridine rings is 1. The molecule has 1 saturated carbocycles. The van der Waals surface area contributed by atoms with Crippen LogP contribution < -0.4 is 20.3 Å². The van der Waals surface area contributed by atoms with E-state index in [2.05, 4.69) is 54.3 Å². The predicted molar refractivity (Wildman–Crippen MR) is 136 cm³/mol. The summed E-state index contributed by atoms with van der Waals surface area (Å²) in [5, 5.41) is 16.0. The fourth-order valence-corrected chi connectivity index (χ4v) is 5.62. The molecule has 34 heavy (non-hydrogen) atoms. The monoisotopic (exact) mass is 503 g/mol. The first-order chi connectivity index (χ1) is 15.6. The molecule has 1 amide bonds. The molecule has 1 aromatic carbocycles. The molecule has 0 atom stereocenters. The van der Waals surface area contributed by atoms with Gasteiger partial charge in [-0.1, -0.05) is 39.3 Å². The number of nitrogens with one attached hydrogen (secondary N) is 2. The van der Waals surface area contributed by atoms with E-state index in [1.54, 1.807) is 24.4 Å². The third-order valence-electron chi connectivity index (χ3n) is 6.88. The summed E-state index contributed by atoms with van der Waals surface area (Å²) in [5.74, 6) is 1.37. The number of aromatic nitrogens is 1. The number of rotatable bonds is 5. The van der Waals surface area contributed by atoms with Gasteiger partial charge in [-0.3, -0.25) is 4.79 Å². The molecule has 1 aromatic heterocycles. The smallest absolute Gasteiger partial charge is 0.253 e. The van der Waals surface area contributed by atoms with E-state index < -0.39 is 0 Å². The zero-order chi connectivity index (χ0) is 23.8. The Morgan fingerprint density at radius 3 is 2.44 bits per heavy atom. The Labute approximate surface area is 212 Å². The summed E-state index contributed by atoms with van der Waals surface area (Å²) in [5.41, 5.74) is 0.336. The topological polar surface area (TPSA) is 90.3 Å². The molecule has 2 aromatic rings. The molecule has 0 spiro atoms. The summed E-state index contributed by atoms with van der Waals surface area (Å²) in [7, 11) is 0. The van der Waals surface area contributed by atoms with E-state index in [-0.39, 0.29) is 41.3 Å². The molecule has 2 N–H and O–H groups in total. The van der Waals surface area contributed by atoms with Gasteiger partial charge in [-0.2, -0.15) is 5.26 Å². The zero-order valence-electron chi connectivity index (χ0n) is 19.9. The average Bonchev–Trinajstić information content (AvgIpc) is 2.81. The molecule has 2 heterocycles. The summed E-state index contributed by atoms with van der Waals surface area (Å²) >= 11 is 6.17. The minimum Gasteiger partial charge on any atom is -0.489 e. The fourth-order valence-electron chi connectivity index (χ4n) is 5.41. The molecule has 7 nitrogen and oxygen atoms in total. The minimum absolute atomic E-state index is 0. The van der Waals surface area contributed by atoms with Crippen LogP contribution in [0.25, 0.3) is 0 Å². The molecule has 1 aliphatic carbocycles. The second-order valence-electron chi connectivity index (χ2n) is 9.94. The van der Waals surface area contributed by atoms with Gasteiger partial charge >= 0.3 is 0 Å². The van der Waals surface area contributed by atoms with E-state index in [0.717, 1.165) is 32.0 Å². The highest BCUT2D eigenvalue weighted by molar-refractivity contribution is 6.31. The maximum absolute atomic E-state index is 13.0. The highest BCUT2D eigenvalue weighted by Gasteiger charge is 2.64. The maximum Gasteiger partial charge on any atom is 0.253 e. The summed E-state index contributed by atoms with van der Waals surface area (Å²) in [6.07, 6.45) is 1.51. The third kappa shape index (κ3) is 4.81. The second-order valence-corrected chi connectivity index (χ2v) is 10.3. The number of anilines is 1. The van der Waals surface area contributed by atoms with Crippen LogP contribution in [0.1, 0.15) is 43.6 Å². The lowest BCUT2D eigenvalue weighted by molar-refractivity contribution is -0.164. The Bertz CT molecular complexity index is 1060. The number of benzene rings is 1. The van der Waals surface area contributed by atoms with E-state index in [1.807, 2.05) is 12.1 Å². The third-order valence-corrected chi connectivity index (χ3v) is 7.19. The van der Waals surface area contributed by atoms with Crippen LogP contribution in [0, 0.1) is 22.2 Å². The predicted octanol–water partition coefficient (Wildman–Crippen LogP) is 4.05. The van der Waals surface area contributed by atoms with Crippen molar-refractivity contribution in [3.63, 3.8) is 0 Å². The molecule has 0 bridgehead atoms.